The van der Waals surface area contributed by atoms with Crippen LogP contribution in [0, 0.1) is 5.92 Å². The first-order chi connectivity index (χ1) is 14.0. The Morgan fingerprint density at radius 2 is 1.55 bits per heavy atom. The first kappa shape index (κ1) is 21.8. The van der Waals surface area contributed by atoms with Crippen molar-refractivity contribution >= 4 is 21.8 Å². The van der Waals surface area contributed by atoms with Gasteiger partial charge in [0.2, 0.25) is 15.9 Å². The van der Waals surface area contributed by atoms with E-state index in [1.165, 1.54) is 18.6 Å². The Morgan fingerprint density at radius 3 is 2.28 bits per heavy atom. The number of carbonyl (C=O) groups is 2. The minimum absolute atomic E-state index is 0.0229. The van der Waals surface area contributed by atoms with Crippen LogP contribution in [0.25, 0.3) is 0 Å². The number of benzene rings is 1. The number of amides is 2. The molecule has 160 valence electrons. The molecule has 3 N–H and O–H groups in total. The van der Waals surface area contributed by atoms with E-state index in [-0.39, 0.29) is 34.2 Å². The fraction of sp³-hybridized carbons (Fsp3) is 0.619. The van der Waals surface area contributed by atoms with Crippen LogP contribution in [-0.4, -0.2) is 39.4 Å². The highest BCUT2D eigenvalue weighted by molar-refractivity contribution is 7.89. The molecule has 7 nitrogen and oxygen atoms in total. The van der Waals surface area contributed by atoms with Gasteiger partial charge < -0.3 is 10.6 Å². The van der Waals surface area contributed by atoms with Gasteiger partial charge in [0.25, 0.3) is 5.91 Å². The van der Waals surface area contributed by atoms with Crippen molar-refractivity contribution in [3.63, 3.8) is 0 Å². The van der Waals surface area contributed by atoms with Crippen molar-refractivity contribution < 1.29 is 18.0 Å². The van der Waals surface area contributed by atoms with Crippen molar-refractivity contribution in [2.75, 3.05) is 13.1 Å². The molecule has 0 bridgehead atoms. The van der Waals surface area contributed by atoms with Gasteiger partial charge in [-0.1, -0.05) is 38.2 Å². The van der Waals surface area contributed by atoms with Crippen LogP contribution in [0.3, 0.4) is 0 Å². The van der Waals surface area contributed by atoms with E-state index >= 15 is 0 Å². The Labute approximate surface area is 173 Å². The molecule has 0 radical (unpaired) electrons. The van der Waals surface area contributed by atoms with E-state index in [2.05, 4.69) is 15.4 Å². The molecule has 2 saturated carbocycles. The Hall–Kier alpha value is -1.93. The number of carbonyl (C=O) groups excluding carboxylic acids is 2. The summed E-state index contributed by atoms with van der Waals surface area (Å²) >= 11 is 0. The summed E-state index contributed by atoms with van der Waals surface area (Å²) in [6, 6.07) is 6.03. The lowest BCUT2D eigenvalue weighted by molar-refractivity contribution is -0.125. The monoisotopic (exact) mass is 421 g/mol. The summed E-state index contributed by atoms with van der Waals surface area (Å²) in [4.78, 5) is 24.6. The predicted molar refractivity (Wildman–Crippen MR) is 111 cm³/mol. The first-order valence-corrected chi connectivity index (χ1v) is 12.1. The standard InChI is InChI=1S/C21H31N3O4S/c25-20(16-7-2-1-3-8-16)22-13-14-23-21(26)17-9-6-12-19(15-17)29(27,28)24-18-10-4-5-11-18/h6,9,12,15-16,18,24H,1-5,7-8,10-11,13-14H2,(H,22,25)(H,23,26). The van der Waals surface area contributed by atoms with E-state index in [9.17, 15) is 18.0 Å². The molecule has 2 aliphatic rings. The molecule has 1 aromatic carbocycles. The summed E-state index contributed by atoms with van der Waals surface area (Å²) < 4.78 is 27.8. The molecule has 2 aliphatic carbocycles. The molecule has 0 atom stereocenters. The van der Waals surface area contributed by atoms with Crippen LogP contribution >= 0.6 is 0 Å². The predicted octanol–water partition coefficient (Wildman–Crippen LogP) is 2.33. The van der Waals surface area contributed by atoms with E-state index < -0.39 is 10.0 Å². The van der Waals surface area contributed by atoms with Gasteiger partial charge >= 0.3 is 0 Å². The van der Waals surface area contributed by atoms with E-state index in [1.807, 2.05) is 0 Å². The van der Waals surface area contributed by atoms with E-state index in [0.717, 1.165) is 51.4 Å². The average molecular weight is 422 g/mol. The molecule has 2 amide bonds. The topological polar surface area (TPSA) is 104 Å². The summed E-state index contributed by atoms with van der Waals surface area (Å²) in [6.07, 6.45) is 9.05. The van der Waals surface area contributed by atoms with Crippen LogP contribution in [0.4, 0.5) is 0 Å². The van der Waals surface area contributed by atoms with Crippen LogP contribution < -0.4 is 15.4 Å². The van der Waals surface area contributed by atoms with Crippen LogP contribution in [0.1, 0.15) is 68.1 Å². The lowest BCUT2D eigenvalue weighted by atomic mass is 9.89. The molecule has 1 aromatic rings. The van der Waals surface area contributed by atoms with Gasteiger partial charge in [0.1, 0.15) is 0 Å². The molecule has 0 spiro atoms. The number of nitrogens with one attached hydrogen (secondary N) is 3. The molecule has 8 heteroatoms. The number of sulfonamides is 1. The van der Waals surface area contributed by atoms with Crippen molar-refractivity contribution in [3.8, 4) is 0 Å². The van der Waals surface area contributed by atoms with Gasteiger partial charge in [-0.2, -0.15) is 0 Å². The maximum absolute atomic E-state index is 12.6. The fourth-order valence-electron chi connectivity index (χ4n) is 4.11. The molecule has 29 heavy (non-hydrogen) atoms. The summed E-state index contributed by atoms with van der Waals surface area (Å²) in [5.41, 5.74) is 0.290. The highest BCUT2D eigenvalue weighted by atomic mass is 32.2. The number of hydrogen-bond donors (Lipinski definition) is 3. The van der Waals surface area contributed by atoms with E-state index in [1.54, 1.807) is 12.1 Å². The Bertz CT molecular complexity index is 813. The van der Waals surface area contributed by atoms with Gasteiger partial charge in [-0.05, 0) is 43.9 Å². The van der Waals surface area contributed by atoms with Gasteiger partial charge in [-0.25, -0.2) is 13.1 Å². The Balaban J connectivity index is 1.48. The Kier molecular flexibility index (Phi) is 7.66. The summed E-state index contributed by atoms with van der Waals surface area (Å²) in [5.74, 6) is -0.200. The van der Waals surface area contributed by atoms with Gasteiger partial charge in [0, 0.05) is 30.6 Å². The van der Waals surface area contributed by atoms with Crippen molar-refractivity contribution in [1.29, 1.82) is 0 Å². The van der Waals surface area contributed by atoms with Gasteiger partial charge in [-0.3, -0.25) is 9.59 Å². The molecule has 0 aromatic heterocycles. The van der Waals surface area contributed by atoms with Gasteiger partial charge in [0.05, 0.1) is 4.90 Å². The quantitative estimate of drug-likeness (QED) is 0.560. The highest BCUT2D eigenvalue weighted by Gasteiger charge is 2.24. The molecular weight excluding hydrogens is 390 g/mol. The van der Waals surface area contributed by atoms with Crippen molar-refractivity contribution in [1.82, 2.24) is 15.4 Å². The largest absolute Gasteiger partial charge is 0.354 e. The Morgan fingerprint density at radius 1 is 0.897 bits per heavy atom. The lowest BCUT2D eigenvalue weighted by Gasteiger charge is -2.20. The van der Waals surface area contributed by atoms with Gasteiger partial charge in [-0.15, -0.1) is 0 Å². The summed E-state index contributed by atoms with van der Waals surface area (Å²) in [7, 11) is -3.64. The van der Waals surface area contributed by atoms with E-state index in [4.69, 9.17) is 0 Å². The maximum atomic E-state index is 12.6. The number of rotatable bonds is 8. The second-order valence-corrected chi connectivity index (χ2v) is 9.73. The molecule has 0 heterocycles. The summed E-state index contributed by atoms with van der Waals surface area (Å²) in [5, 5.41) is 5.62. The highest BCUT2D eigenvalue weighted by Crippen LogP contribution is 2.23. The maximum Gasteiger partial charge on any atom is 0.251 e. The zero-order valence-electron chi connectivity index (χ0n) is 16.8. The molecule has 0 aliphatic heterocycles. The molecular formula is C21H31N3O4S. The lowest BCUT2D eigenvalue weighted by Crippen LogP contribution is -2.38. The third-order valence-corrected chi connectivity index (χ3v) is 7.29. The van der Waals surface area contributed by atoms with Crippen LogP contribution in [0.5, 0.6) is 0 Å². The summed E-state index contributed by atoms with van der Waals surface area (Å²) in [6.45, 7) is 0.664. The van der Waals surface area contributed by atoms with Crippen LogP contribution in [0.15, 0.2) is 29.2 Å². The molecule has 0 unspecified atom stereocenters. The van der Waals surface area contributed by atoms with Gasteiger partial charge in [0.15, 0.2) is 0 Å². The van der Waals surface area contributed by atoms with Crippen molar-refractivity contribution in [2.24, 2.45) is 5.92 Å². The normalized spacial score (nSPS) is 18.5. The van der Waals surface area contributed by atoms with Crippen molar-refractivity contribution in [2.45, 2.75) is 68.7 Å². The van der Waals surface area contributed by atoms with E-state index in [0.29, 0.717) is 13.1 Å². The zero-order valence-corrected chi connectivity index (χ0v) is 17.6. The third kappa shape index (κ3) is 6.27. The zero-order chi connectivity index (χ0) is 20.7. The molecule has 3 rings (SSSR count). The minimum Gasteiger partial charge on any atom is -0.354 e. The van der Waals surface area contributed by atoms with Crippen LogP contribution in [-0.2, 0) is 14.8 Å². The first-order valence-electron chi connectivity index (χ1n) is 10.6. The minimum atomic E-state index is -3.64. The molecule has 2 fully saturated rings. The molecule has 0 saturated heterocycles. The van der Waals surface area contributed by atoms with Crippen molar-refractivity contribution in [3.05, 3.63) is 29.8 Å². The third-order valence-electron chi connectivity index (χ3n) is 5.77. The SMILES string of the molecule is O=C(NCCNC(=O)C1CCCCC1)c1cccc(S(=O)(=O)NC2CCCC2)c1. The average Bonchev–Trinajstić information content (AvgIpc) is 3.24. The van der Waals surface area contributed by atoms with Crippen LogP contribution in [0.2, 0.25) is 0 Å². The second kappa shape index (κ2) is 10.2. The number of hydrogen-bond acceptors (Lipinski definition) is 4. The second-order valence-electron chi connectivity index (χ2n) is 8.01. The smallest absolute Gasteiger partial charge is 0.251 e. The fourth-order valence-corrected chi connectivity index (χ4v) is 5.46.